The third kappa shape index (κ3) is 4.02. The van der Waals surface area contributed by atoms with Crippen molar-refractivity contribution >= 4 is 52.5 Å². The normalized spacial score (nSPS) is 10.9. The van der Waals surface area contributed by atoms with Crippen LogP contribution < -0.4 is 5.32 Å². The summed E-state index contributed by atoms with van der Waals surface area (Å²) >= 11 is 1.56. The molecule has 0 aliphatic carbocycles. The first-order valence-corrected chi connectivity index (χ1v) is 6.44. The second kappa shape index (κ2) is 7.42. The van der Waals surface area contributed by atoms with Crippen LogP contribution in [0.25, 0.3) is 0 Å². The van der Waals surface area contributed by atoms with E-state index in [0.717, 1.165) is 16.8 Å². The fourth-order valence-electron chi connectivity index (χ4n) is 1.33. The van der Waals surface area contributed by atoms with E-state index in [1.54, 1.807) is 18.0 Å². The van der Waals surface area contributed by atoms with Crippen LogP contribution in [0.3, 0.4) is 0 Å². The monoisotopic (exact) mass is 374 g/mol. The number of anilines is 1. The van der Waals surface area contributed by atoms with Gasteiger partial charge in [-0.05, 0) is 18.4 Å². The van der Waals surface area contributed by atoms with Gasteiger partial charge >= 0.3 is 0 Å². The molecule has 1 aromatic carbocycles. The second-order valence-electron chi connectivity index (χ2n) is 3.44. The van der Waals surface area contributed by atoms with E-state index in [-0.39, 0.29) is 24.0 Å². The standard InChI is InChI=1S/C12H14N4S.HI/c1-16-9-8-13-11(16)15-12(17-2)14-10-6-4-3-5-7-10;/h3-9H,1-2H3,(H,13,14,15);1H. The molecule has 2 rings (SSSR count). The topological polar surface area (TPSA) is 42.2 Å². The van der Waals surface area contributed by atoms with Crippen molar-refractivity contribution in [3.63, 3.8) is 0 Å². The van der Waals surface area contributed by atoms with E-state index in [4.69, 9.17) is 0 Å². The number of amidine groups is 1. The molecule has 1 aromatic heterocycles. The maximum atomic E-state index is 4.51. The Bertz CT molecular complexity index is 510. The zero-order valence-electron chi connectivity index (χ0n) is 10.2. The first kappa shape index (κ1) is 15.0. The molecule has 0 aliphatic rings. The van der Waals surface area contributed by atoms with Gasteiger partial charge < -0.3 is 9.88 Å². The highest BCUT2D eigenvalue weighted by Gasteiger charge is 2.02. The number of para-hydroxylation sites is 1. The van der Waals surface area contributed by atoms with Crippen molar-refractivity contribution in [3.05, 3.63) is 42.7 Å². The Morgan fingerprint density at radius 3 is 2.61 bits per heavy atom. The Morgan fingerprint density at radius 2 is 2.06 bits per heavy atom. The molecule has 0 saturated carbocycles. The fourth-order valence-corrected chi connectivity index (χ4v) is 1.72. The summed E-state index contributed by atoms with van der Waals surface area (Å²) in [6.07, 6.45) is 5.63. The maximum absolute atomic E-state index is 4.51. The molecular weight excluding hydrogens is 359 g/mol. The minimum Gasteiger partial charge on any atom is -0.320 e. The molecule has 1 heterocycles. The first-order valence-electron chi connectivity index (χ1n) is 5.21. The van der Waals surface area contributed by atoms with Gasteiger partial charge in [0.1, 0.15) is 0 Å². The highest BCUT2D eigenvalue weighted by Crippen LogP contribution is 2.14. The minimum absolute atomic E-state index is 0. The molecule has 4 nitrogen and oxygen atoms in total. The second-order valence-corrected chi connectivity index (χ2v) is 4.24. The van der Waals surface area contributed by atoms with Crippen LogP contribution in [0.1, 0.15) is 0 Å². The fraction of sp³-hybridized carbons (Fsp3) is 0.167. The summed E-state index contributed by atoms with van der Waals surface area (Å²) in [5, 5.41) is 4.01. The van der Waals surface area contributed by atoms with Crippen LogP contribution >= 0.6 is 35.7 Å². The number of imidazole rings is 1. The number of hydrogen-bond acceptors (Lipinski definition) is 3. The van der Waals surface area contributed by atoms with Crippen LogP contribution in [0.15, 0.2) is 47.7 Å². The highest BCUT2D eigenvalue weighted by atomic mass is 127. The van der Waals surface area contributed by atoms with Crippen LogP contribution in [0.4, 0.5) is 11.6 Å². The van der Waals surface area contributed by atoms with Crippen molar-refractivity contribution in [3.8, 4) is 0 Å². The predicted molar refractivity (Wildman–Crippen MR) is 89.3 cm³/mol. The predicted octanol–water partition coefficient (Wildman–Crippen LogP) is 3.50. The molecule has 0 saturated heterocycles. The average molecular weight is 374 g/mol. The molecule has 6 heteroatoms. The molecule has 0 spiro atoms. The molecular formula is C12H15IN4S. The van der Waals surface area contributed by atoms with Gasteiger partial charge in [-0.2, -0.15) is 0 Å². The van der Waals surface area contributed by atoms with Crippen LogP contribution in [0.5, 0.6) is 0 Å². The van der Waals surface area contributed by atoms with Gasteiger partial charge in [-0.15, -0.1) is 24.0 Å². The molecule has 0 bridgehead atoms. The minimum atomic E-state index is 0. The number of nitrogens with one attached hydrogen (secondary N) is 1. The Hall–Kier alpha value is -1.02. The number of halogens is 1. The zero-order chi connectivity index (χ0) is 12.1. The van der Waals surface area contributed by atoms with Gasteiger partial charge in [-0.3, -0.25) is 0 Å². The number of aliphatic imine (C=N–C) groups is 1. The number of rotatable bonds is 2. The Morgan fingerprint density at radius 1 is 1.33 bits per heavy atom. The highest BCUT2D eigenvalue weighted by molar-refractivity contribution is 14.0. The summed E-state index contributed by atoms with van der Waals surface area (Å²) in [7, 11) is 1.94. The molecule has 1 N–H and O–H groups in total. The van der Waals surface area contributed by atoms with E-state index >= 15 is 0 Å². The Kier molecular flexibility index (Phi) is 6.20. The van der Waals surface area contributed by atoms with Gasteiger partial charge in [0.05, 0.1) is 5.69 Å². The number of aromatic nitrogens is 2. The van der Waals surface area contributed by atoms with Crippen molar-refractivity contribution in [2.75, 3.05) is 11.6 Å². The lowest BCUT2D eigenvalue weighted by atomic mass is 10.3. The largest absolute Gasteiger partial charge is 0.320 e. The van der Waals surface area contributed by atoms with E-state index in [0.29, 0.717) is 0 Å². The molecule has 0 amide bonds. The van der Waals surface area contributed by atoms with Crippen LogP contribution in [-0.4, -0.2) is 21.0 Å². The molecule has 0 unspecified atom stereocenters. The lowest BCUT2D eigenvalue weighted by Gasteiger charge is -2.06. The van der Waals surface area contributed by atoms with Crippen molar-refractivity contribution in [1.29, 1.82) is 0 Å². The van der Waals surface area contributed by atoms with Gasteiger partial charge in [-0.25, -0.2) is 9.98 Å². The molecule has 0 radical (unpaired) electrons. The first-order chi connectivity index (χ1) is 8.29. The van der Waals surface area contributed by atoms with Gasteiger partial charge in [0.2, 0.25) is 5.95 Å². The number of hydrogen-bond donors (Lipinski definition) is 1. The number of benzene rings is 1. The van der Waals surface area contributed by atoms with Gasteiger partial charge in [0.25, 0.3) is 0 Å². The Balaban J connectivity index is 0.00000162. The molecule has 0 atom stereocenters. The summed E-state index contributed by atoms with van der Waals surface area (Å²) in [5.74, 6) is 0.786. The van der Waals surface area contributed by atoms with E-state index < -0.39 is 0 Å². The van der Waals surface area contributed by atoms with Crippen molar-refractivity contribution < 1.29 is 0 Å². The van der Waals surface area contributed by atoms with E-state index in [9.17, 15) is 0 Å². The Labute approximate surface area is 128 Å². The SMILES string of the molecule is CS/C(=N\c1ccccc1)Nc1nccn1C.I. The van der Waals surface area contributed by atoms with Crippen LogP contribution in [0.2, 0.25) is 0 Å². The number of aryl methyl sites for hydroxylation is 1. The molecule has 96 valence electrons. The average Bonchev–Trinajstić information content (AvgIpc) is 2.75. The molecule has 0 aliphatic heterocycles. The third-order valence-electron chi connectivity index (χ3n) is 2.22. The molecule has 2 aromatic rings. The summed E-state index contributed by atoms with van der Waals surface area (Å²) < 4.78 is 1.91. The van der Waals surface area contributed by atoms with Crippen molar-refractivity contribution in [1.82, 2.24) is 9.55 Å². The summed E-state index contributed by atoms with van der Waals surface area (Å²) in [6.45, 7) is 0. The summed E-state index contributed by atoms with van der Waals surface area (Å²) in [5.41, 5.74) is 0.929. The van der Waals surface area contributed by atoms with Crippen molar-refractivity contribution in [2.24, 2.45) is 12.0 Å². The number of thioether (sulfide) groups is 1. The summed E-state index contributed by atoms with van der Waals surface area (Å²) in [6, 6.07) is 9.85. The van der Waals surface area contributed by atoms with Crippen LogP contribution in [0, 0.1) is 0 Å². The smallest absolute Gasteiger partial charge is 0.208 e. The lowest BCUT2D eigenvalue weighted by Crippen LogP contribution is -2.10. The summed E-state index contributed by atoms with van der Waals surface area (Å²) in [4.78, 5) is 8.71. The lowest BCUT2D eigenvalue weighted by molar-refractivity contribution is 0.927. The van der Waals surface area contributed by atoms with Crippen LogP contribution in [-0.2, 0) is 7.05 Å². The zero-order valence-corrected chi connectivity index (χ0v) is 13.3. The third-order valence-corrected chi connectivity index (χ3v) is 2.80. The molecule has 18 heavy (non-hydrogen) atoms. The van der Waals surface area contributed by atoms with Gasteiger partial charge in [0.15, 0.2) is 5.17 Å². The van der Waals surface area contributed by atoms with Gasteiger partial charge in [0, 0.05) is 19.4 Å². The number of nitrogens with zero attached hydrogens (tertiary/aromatic N) is 3. The van der Waals surface area contributed by atoms with E-state index in [1.165, 1.54) is 0 Å². The quantitative estimate of drug-likeness (QED) is 0.497. The molecule has 0 fully saturated rings. The maximum Gasteiger partial charge on any atom is 0.208 e. The van der Waals surface area contributed by atoms with E-state index in [2.05, 4.69) is 15.3 Å². The van der Waals surface area contributed by atoms with E-state index in [1.807, 2.05) is 54.4 Å². The van der Waals surface area contributed by atoms with Crippen molar-refractivity contribution in [2.45, 2.75) is 0 Å². The van der Waals surface area contributed by atoms with Gasteiger partial charge in [-0.1, -0.05) is 30.0 Å².